The molecule has 4 N–H and O–H groups in total. The zero-order valence-corrected chi connectivity index (χ0v) is 31.2. The molecule has 1 unspecified atom stereocenters. The molecule has 1 amide bonds. The van der Waals surface area contributed by atoms with Crippen molar-refractivity contribution in [3.8, 4) is 0 Å². The summed E-state index contributed by atoms with van der Waals surface area (Å²) < 4.78 is 37.4. The van der Waals surface area contributed by atoms with Crippen LogP contribution < -0.4 is 5.32 Å². The van der Waals surface area contributed by atoms with Gasteiger partial charge in [-0.05, 0) is 27.8 Å². The predicted octanol–water partition coefficient (Wildman–Crippen LogP) is 5.79. The quantitative estimate of drug-likeness (QED) is 0.0804. The Morgan fingerprint density at radius 1 is 0.596 bits per heavy atom. The minimum atomic E-state index is -2.83. The van der Waals surface area contributed by atoms with Crippen LogP contribution in [0.2, 0.25) is 0 Å². The van der Waals surface area contributed by atoms with E-state index in [4.69, 9.17) is 28.4 Å². The van der Waals surface area contributed by atoms with Gasteiger partial charge in [0.25, 0.3) is 0 Å². The van der Waals surface area contributed by atoms with Crippen LogP contribution in [-0.4, -0.2) is 76.3 Å². The molecule has 1 aliphatic rings. The molecule has 1 aliphatic heterocycles. The molecule has 7 atom stereocenters. The van der Waals surface area contributed by atoms with Crippen LogP contribution in [0.25, 0.3) is 0 Å². The Bertz CT molecular complexity index is 1940. The van der Waals surface area contributed by atoms with Crippen LogP contribution in [-0.2, 0) is 66.3 Å². The first kappa shape index (κ1) is 41.2. The van der Waals surface area contributed by atoms with Crippen molar-refractivity contribution in [3.05, 3.63) is 179 Å². The summed E-state index contributed by atoms with van der Waals surface area (Å²) in [5.41, 5.74) is 3.87. The lowest BCUT2D eigenvalue weighted by Gasteiger charge is -2.52. The lowest BCUT2D eigenvalue weighted by molar-refractivity contribution is -0.394. The largest absolute Gasteiger partial charge is 0.480 e. The lowest BCUT2D eigenvalue weighted by Crippen LogP contribution is -2.74. The Hall–Kier alpha value is -5.44. The summed E-state index contributed by atoms with van der Waals surface area (Å²) in [5, 5.41) is 37.4. The second kappa shape index (κ2) is 20.6. The van der Waals surface area contributed by atoms with Crippen LogP contribution in [0.4, 0.5) is 4.79 Å². The van der Waals surface area contributed by atoms with Crippen molar-refractivity contribution in [3.63, 3.8) is 0 Å². The third-order valence-electron chi connectivity index (χ3n) is 9.46. The Morgan fingerprint density at radius 3 is 1.46 bits per heavy atom. The lowest BCUT2D eigenvalue weighted by atomic mass is 9.86. The number of hydrogen-bond acceptors (Lipinski definition) is 10. The minimum absolute atomic E-state index is 0.0259. The molecule has 1 fully saturated rings. The summed E-state index contributed by atoms with van der Waals surface area (Å²) in [4.78, 5) is 25.9. The van der Waals surface area contributed by atoms with Gasteiger partial charge in [0.1, 0.15) is 37.1 Å². The zero-order valence-electron chi connectivity index (χ0n) is 31.2. The summed E-state index contributed by atoms with van der Waals surface area (Å²) >= 11 is 0. The van der Waals surface area contributed by atoms with E-state index in [9.17, 15) is 24.9 Å². The highest BCUT2D eigenvalue weighted by Gasteiger charge is 2.62. The Labute approximate surface area is 331 Å². The van der Waals surface area contributed by atoms with E-state index >= 15 is 0 Å². The molecule has 1 saturated heterocycles. The van der Waals surface area contributed by atoms with Gasteiger partial charge in [0.05, 0.1) is 33.0 Å². The first-order valence-electron chi connectivity index (χ1n) is 18.7. The molecular formula is C45H47NO11. The fourth-order valence-electron chi connectivity index (χ4n) is 6.53. The van der Waals surface area contributed by atoms with Crippen molar-refractivity contribution < 1.29 is 53.3 Å². The number of aliphatic hydroxyl groups is 2. The number of amides is 1. The van der Waals surface area contributed by atoms with Crippen molar-refractivity contribution in [1.82, 2.24) is 5.32 Å². The third kappa shape index (κ3) is 11.6. The molecule has 0 aliphatic carbocycles. The number of alkyl carbamates (subject to hydrolysis) is 1. The Morgan fingerprint density at radius 2 is 1.00 bits per heavy atom. The fraction of sp³-hybridized carbons (Fsp3) is 0.289. The van der Waals surface area contributed by atoms with Crippen LogP contribution in [0, 0.1) is 0 Å². The predicted molar refractivity (Wildman–Crippen MR) is 208 cm³/mol. The molecule has 12 heteroatoms. The van der Waals surface area contributed by atoms with Crippen molar-refractivity contribution in [1.29, 1.82) is 0 Å². The van der Waals surface area contributed by atoms with Gasteiger partial charge in [-0.25, -0.2) is 9.59 Å². The molecule has 0 aromatic heterocycles. The maximum absolute atomic E-state index is 13.0. The van der Waals surface area contributed by atoms with Crippen LogP contribution in [0.5, 0.6) is 0 Å². The van der Waals surface area contributed by atoms with Gasteiger partial charge in [0, 0.05) is 0 Å². The standard InChI is InChI=1S/C45H47NO11/c47-41(38(43(48)49)46-44(50)56-30-36-24-14-5-15-25-36)45(51)42(55-29-35-22-12-4-13-23-35)40(54-28-34-20-10-3-11-21-34)39(53-27-33-18-8-2-9-19-33)37(57-45)31-52-26-32-16-6-1-7-17-32/h1-25,37-42,47,51H,26-31H2,(H,46,50)(H,48,49)/t37-,38+,39-,40+,41?,42+,45-/m1/s1. The van der Waals surface area contributed by atoms with E-state index in [-0.39, 0.29) is 39.6 Å². The van der Waals surface area contributed by atoms with Gasteiger partial charge in [0.2, 0.25) is 5.79 Å². The fourth-order valence-corrected chi connectivity index (χ4v) is 6.53. The molecule has 1 heterocycles. The molecule has 5 aromatic carbocycles. The number of carbonyl (C=O) groups is 2. The van der Waals surface area contributed by atoms with E-state index in [1.807, 2.05) is 121 Å². The number of carbonyl (C=O) groups excluding carboxylic acids is 1. The van der Waals surface area contributed by atoms with Crippen LogP contribution in [0.1, 0.15) is 27.8 Å². The minimum Gasteiger partial charge on any atom is -0.480 e. The average Bonchev–Trinajstić information content (AvgIpc) is 3.25. The molecule has 5 aromatic rings. The summed E-state index contributed by atoms with van der Waals surface area (Å²) in [6, 6.07) is 43.9. The first-order chi connectivity index (χ1) is 27.8. The summed E-state index contributed by atoms with van der Waals surface area (Å²) in [6.07, 6.45) is -8.42. The molecule has 12 nitrogen and oxygen atoms in total. The topological polar surface area (TPSA) is 162 Å². The summed E-state index contributed by atoms with van der Waals surface area (Å²) in [6.45, 7) is -0.144. The number of aliphatic carboxylic acids is 1. The van der Waals surface area contributed by atoms with Gasteiger partial charge in [0.15, 0.2) is 6.04 Å². The first-order valence-corrected chi connectivity index (χ1v) is 18.7. The number of benzene rings is 5. The van der Waals surface area contributed by atoms with E-state index in [0.717, 1.165) is 16.7 Å². The van der Waals surface area contributed by atoms with Crippen molar-refractivity contribution in [2.45, 2.75) is 75.4 Å². The van der Waals surface area contributed by atoms with Gasteiger partial charge in [-0.2, -0.15) is 0 Å². The molecule has 0 saturated carbocycles. The number of carboxylic acids is 1. The maximum Gasteiger partial charge on any atom is 0.408 e. The van der Waals surface area contributed by atoms with Gasteiger partial charge in [-0.1, -0.05) is 152 Å². The normalized spacial score (nSPS) is 21.6. The zero-order chi connectivity index (χ0) is 39.9. The summed E-state index contributed by atoms with van der Waals surface area (Å²) in [7, 11) is 0. The van der Waals surface area contributed by atoms with Crippen LogP contribution in [0.15, 0.2) is 152 Å². The molecule has 6 rings (SSSR count). The average molecular weight is 778 g/mol. The molecule has 57 heavy (non-hydrogen) atoms. The van der Waals surface area contributed by atoms with Gasteiger partial charge >= 0.3 is 12.1 Å². The number of rotatable bonds is 19. The van der Waals surface area contributed by atoms with Gasteiger partial charge < -0.3 is 49.1 Å². The highest BCUT2D eigenvalue weighted by Crippen LogP contribution is 2.39. The van der Waals surface area contributed by atoms with Crippen molar-refractivity contribution >= 4 is 12.1 Å². The number of carboxylic acid groups (broad SMARTS) is 1. The molecule has 298 valence electrons. The van der Waals surface area contributed by atoms with Crippen molar-refractivity contribution in [2.75, 3.05) is 6.61 Å². The Balaban J connectivity index is 1.36. The molecule has 0 bridgehead atoms. The van der Waals surface area contributed by atoms with E-state index in [0.29, 0.717) is 11.1 Å². The SMILES string of the molecule is O=C(N[C@H](C(=O)O)C(O)[C@@]1(O)O[C@H](COCc2ccccc2)[C@@H](OCc2ccccc2)[C@H](OCc2ccccc2)[C@@H]1OCc1ccccc1)OCc1ccccc1. The van der Waals surface area contributed by atoms with Crippen LogP contribution >= 0.6 is 0 Å². The second-order valence-corrected chi connectivity index (χ2v) is 13.6. The monoisotopic (exact) mass is 777 g/mol. The number of nitrogens with one attached hydrogen (secondary N) is 1. The van der Waals surface area contributed by atoms with Gasteiger partial charge in [-0.15, -0.1) is 0 Å². The molecule has 0 spiro atoms. The molecular weight excluding hydrogens is 730 g/mol. The third-order valence-corrected chi connectivity index (χ3v) is 9.46. The van der Waals surface area contributed by atoms with Crippen molar-refractivity contribution in [2.24, 2.45) is 0 Å². The molecule has 0 radical (unpaired) electrons. The number of aliphatic hydroxyl groups excluding tert-OH is 1. The highest BCUT2D eigenvalue weighted by molar-refractivity contribution is 5.80. The summed E-state index contributed by atoms with van der Waals surface area (Å²) in [5.74, 6) is -4.50. The van der Waals surface area contributed by atoms with E-state index in [1.54, 1.807) is 30.3 Å². The Kier molecular flexibility index (Phi) is 14.9. The van der Waals surface area contributed by atoms with Gasteiger partial charge in [-0.3, -0.25) is 0 Å². The maximum atomic E-state index is 13.0. The van der Waals surface area contributed by atoms with E-state index in [1.165, 1.54) is 0 Å². The smallest absolute Gasteiger partial charge is 0.408 e. The second-order valence-electron chi connectivity index (χ2n) is 13.6. The van der Waals surface area contributed by atoms with E-state index < -0.39 is 54.4 Å². The number of hydrogen-bond donors (Lipinski definition) is 4. The van der Waals surface area contributed by atoms with Crippen LogP contribution in [0.3, 0.4) is 0 Å². The highest BCUT2D eigenvalue weighted by atomic mass is 16.7. The number of ether oxygens (including phenoxy) is 6. The van der Waals surface area contributed by atoms with E-state index in [2.05, 4.69) is 5.32 Å².